The zero-order valence-electron chi connectivity index (χ0n) is 8.60. The van der Waals surface area contributed by atoms with E-state index in [0.29, 0.717) is 18.5 Å². The molecular formula is C10H10ClNO3S. The highest BCUT2D eigenvalue weighted by Gasteiger charge is 2.23. The van der Waals surface area contributed by atoms with Gasteiger partial charge in [-0.2, -0.15) is 0 Å². The number of amides is 1. The van der Waals surface area contributed by atoms with Crippen LogP contribution in [-0.4, -0.2) is 32.8 Å². The van der Waals surface area contributed by atoms with Crippen molar-refractivity contribution in [1.29, 1.82) is 0 Å². The molecule has 1 aromatic carbocycles. The van der Waals surface area contributed by atoms with Crippen molar-refractivity contribution in [2.24, 2.45) is 0 Å². The van der Waals surface area contributed by atoms with Crippen molar-refractivity contribution in [2.75, 3.05) is 13.6 Å². The molecule has 4 nitrogen and oxygen atoms in total. The van der Waals surface area contributed by atoms with Gasteiger partial charge in [-0.15, -0.1) is 0 Å². The van der Waals surface area contributed by atoms with E-state index in [1.165, 1.54) is 18.2 Å². The molecule has 0 N–H and O–H groups in total. The third-order valence-corrected chi connectivity index (χ3v) is 4.00. The Morgan fingerprint density at radius 2 is 2.06 bits per heavy atom. The molecule has 0 spiro atoms. The first-order valence-corrected chi connectivity index (χ1v) is 7.03. The molecule has 1 aliphatic rings. The highest BCUT2D eigenvalue weighted by Crippen LogP contribution is 2.23. The molecule has 0 unspecified atom stereocenters. The standard InChI is InChI=1S/C10H10ClNO3S/c1-12-5-4-7-6-8(16(11,14)15)2-3-9(7)10(12)13/h2-3,6H,4-5H2,1H3. The van der Waals surface area contributed by atoms with Gasteiger partial charge in [0.1, 0.15) is 0 Å². The summed E-state index contributed by atoms with van der Waals surface area (Å²) in [5, 5.41) is 0. The van der Waals surface area contributed by atoms with Crippen LogP contribution in [0.5, 0.6) is 0 Å². The van der Waals surface area contributed by atoms with Crippen LogP contribution in [0.3, 0.4) is 0 Å². The van der Waals surface area contributed by atoms with Crippen molar-refractivity contribution in [1.82, 2.24) is 4.90 Å². The molecule has 0 bridgehead atoms. The third kappa shape index (κ3) is 1.92. The van der Waals surface area contributed by atoms with Crippen molar-refractivity contribution >= 4 is 25.6 Å². The van der Waals surface area contributed by atoms with Crippen LogP contribution in [-0.2, 0) is 15.5 Å². The number of hydrogen-bond donors (Lipinski definition) is 0. The van der Waals surface area contributed by atoms with Crippen LogP contribution in [0.2, 0.25) is 0 Å². The monoisotopic (exact) mass is 259 g/mol. The molecule has 1 aliphatic heterocycles. The largest absolute Gasteiger partial charge is 0.341 e. The van der Waals surface area contributed by atoms with Crippen molar-refractivity contribution in [3.05, 3.63) is 29.3 Å². The van der Waals surface area contributed by atoms with Crippen LogP contribution < -0.4 is 0 Å². The number of hydrogen-bond acceptors (Lipinski definition) is 3. The maximum atomic E-state index is 11.7. The Morgan fingerprint density at radius 1 is 1.38 bits per heavy atom. The normalized spacial score (nSPS) is 16.1. The van der Waals surface area contributed by atoms with Gasteiger partial charge in [0, 0.05) is 29.8 Å². The minimum atomic E-state index is -3.72. The Balaban J connectivity index is 2.54. The number of fused-ring (bicyclic) bond motifs is 1. The van der Waals surface area contributed by atoms with Crippen LogP contribution in [0.25, 0.3) is 0 Å². The zero-order valence-corrected chi connectivity index (χ0v) is 10.2. The molecule has 0 fully saturated rings. The summed E-state index contributed by atoms with van der Waals surface area (Å²) in [5.74, 6) is -0.0835. The Kier molecular flexibility index (Phi) is 2.67. The Hall–Kier alpha value is -1.07. The summed E-state index contributed by atoms with van der Waals surface area (Å²) in [6, 6.07) is 4.35. The highest BCUT2D eigenvalue weighted by atomic mass is 35.7. The quantitative estimate of drug-likeness (QED) is 0.713. The predicted octanol–water partition coefficient (Wildman–Crippen LogP) is 1.24. The molecule has 2 rings (SSSR count). The van der Waals surface area contributed by atoms with Crippen molar-refractivity contribution in [2.45, 2.75) is 11.3 Å². The average Bonchev–Trinajstić information content (AvgIpc) is 2.22. The number of carbonyl (C=O) groups excluding carboxylic acids is 1. The first-order chi connectivity index (χ1) is 7.39. The number of nitrogens with zero attached hydrogens (tertiary/aromatic N) is 1. The number of halogens is 1. The van der Waals surface area contributed by atoms with Crippen LogP contribution >= 0.6 is 10.7 Å². The van der Waals surface area contributed by atoms with Gasteiger partial charge < -0.3 is 4.90 Å². The highest BCUT2D eigenvalue weighted by molar-refractivity contribution is 8.13. The van der Waals surface area contributed by atoms with E-state index in [1.54, 1.807) is 11.9 Å². The fourth-order valence-electron chi connectivity index (χ4n) is 1.73. The Morgan fingerprint density at radius 3 is 2.69 bits per heavy atom. The van der Waals surface area contributed by atoms with E-state index in [0.717, 1.165) is 5.56 Å². The molecule has 0 radical (unpaired) electrons. The first kappa shape index (κ1) is 11.4. The molecule has 0 aromatic heterocycles. The average molecular weight is 260 g/mol. The molecule has 1 heterocycles. The predicted molar refractivity (Wildman–Crippen MR) is 60.1 cm³/mol. The lowest BCUT2D eigenvalue weighted by Crippen LogP contribution is -2.34. The lowest BCUT2D eigenvalue weighted by Gasteiger charge is -2.24. The fourth-order valence-corrected chi connectivity index (χ4v) is 2.53. The number of likely N-dealkylation sites (N-methyl/N-ethyl adjacent to an activating group) is 1. The van der Waals surface area contributed by atoms with E-state index < -0.39 is 9.05 Å². The summed E-state index contributed by atoms with van der Waals surface area (Å²) in [6.07, 6.45) is 0.651. The second-order valence-electron chi connectivity index (χ2n) is 3.73. The lowest BCUT2D eigenvalue weighted by molar-refractivity contribution is 0.0780. The molecule has 0 aliphatic carbocycles. The molecule has 0 atom stereocenters. The minimum Gasteiger partial charge on any atom is -0.341 e. The van der Waals surface area contributed by atoms with Gasteiger partial charge in [-0.25, -0.2) is 8.42 Å². The van der Waals surface area contributed by atoms with E-state index in [9.17, 15) is 13.2 Å². The van der Waals surface area contributed by atoms with Gasteiger partial charge in [0.05, 0.1) is 4.90 Å². The SMILES string of the molecule is CN1CCc2cc(S(=O)(=O)Cl)ccc2C1=O. The Bertz CT molecular complexity index is 553. The molecule has 16 heavy (non-hydrogen) atoms. The van der Waals surface area contributed by atoms with Crippen LogP contribution in [0.4, 0.5) is 0 Å². The molecule has 0 saturated carbocycles. The van der Waals surface area contributed by atoms with Gasteiger partial charge in [-0.05, 0) is 30.2 Å². The van der Waals surface area contributed by atoms with E-state index >= 15 is 0 Å². The van der Waals surface area contributed by atoms with E-state index in [4.69, 9.17) is 10.7 Å². The third-order valence-electron chi connectivity index (χ3n) is 2.65. The maximum Gasteiger partial charge on any atom is 0.261 e. The van der Waals surface area contributed by atoms with Crippen LogP contribution in [0, 0.1) is 0 Å². The second kappa shape index (κ2) is 3.75. The van der Waals surface area contributed by atoms with Gasteiger partial charge in [0.15, 0.2) is 0 Å². The van der Waals surface area contributed by atoms with Crippen molar-refractivity contribution in [3.8, 4) is 0 Å². The van der Waals surface area contributed by atoms with Crippen LogP contribution in [0.1, 0.15) is 15.9 Å². The summed E-state index contributed by atoms with van der Waals surface area (Å²) < 4.78 is 22.3. The molecule has 0 saturated heterocycles. The lowest BCUT2D eigenvalue weighted by atomic mass is 10.00. The molecule has 6 heteroatoms. The second-order valence-corrected chi connectivity index (χ2v) is 6.30. The molecule has 1 aromatic rings. The summed E-state index contributed by atoms with van der Waals surface area (Å²) >= 11 is 0. The summed E-state index contributed by atoms with van der Waals surface area (Å²) in [4.78, 5) is 13.4. The van der Waals surface area contributed by atoms with E-state index in [1.807, 2.05) is 0 Å². The van der Waals surface area contributed by atoms with Crippen LogP contribution in [0.15, 0.2) is 23.1 Å². The molecule has 1 amide bonds. The van der Waals surface area contributed by atoms with E-state index in [-0.39, 0.29) is 10.8 Å². The smallest absolute Gasteiger partial charge is 0.261 e. The van der Waals surface area contributed by atoms with Gasteiger partial charge in [-0.1, -0.05) is 0 Å². The minimum absolute atomic E-state index is 0.0465. The van der Waals surface area contributed by atoms with Gasteiger partial charge >= 0.3 is 0 Å². The Labute approximate surface area is 98.2 Å². The van der Waals surface area contributed by atoms with E-state index in [2.05, 4.69) is 0 Å². The summed E-state index contributed by atoms with van der Waals surface area (Å²) in [6.45, 7) is 0.595. The molecular weight excluding hydrogens is 250 g/mol. The van der Waals surface area contributed by atoms with Crippen molar-refractivity contribution in [3.63, 3.8) is 0 Å². The number of carbonyl (C=O) groups is 1. The fraction of sp³-hybridized carbons (Fsp3) is 0.300. The topological polar surface area (TPSA) is 54.5 Å². The first-order valence-electron chi connectivity index (χ1n) is 4.72. The zero-order chi connectivity index (χ0) is 11.9. The maximum absolute atomic E-state index is 11.7. The van der Waals surface area contributed by atoms with Crippen molar-refractivity contribution < 1.29 is 13.2 Å². The number of rotatable bonds is 1. The van der Waals surface area contributed by atoms with Gasteiger partial charge in [0.2, 0.25) is 0 Å². The van der Waals surface area contributed by atoms with Gasteiger partial charge in [0.25, 0.3) is 15.0 Å². The van der Waals surface area contributed by atoms with Gasteiger partial charge in [-0.3, -0.25) is 4.79 Å². The molecule has 86 valence electrons. The summed E-state index contributed by atoms with van der Waals surface area (Å²) in [7, 11) is 3.24. The summed E-state index contributed by atoms with van der Waals surface area (Å²) in [5.41, 5.74) is 1.29. The number of benzene rings is 1.